The molecule has 0 aromatic carbocycles. The van der Waals surface area contributed by atoms with Crippen LogP contribution in [0.25, 0.3) is 0 Å². The summed E-state index contributed by atoms with van der Waals surface area (Å²) in [6.45, 7) is 4.98. The molecule has 0 atom stereocenters. The number of carbonyl (C=O) groups excluding carboxylic acids is 1. The van der Waals surface area contributed by atoms with Gasteiger partial charge in [0.1, 0.15) is 5.69 Å². The van der Waals surface area contributed by atoms with Gasteiger partial charge >= 0.3 is 0 Å². The van der Waals surface area contributed by atoms with Gasteiger partial charge in [-0.3, -0.25) is 9.48 Å². The van der Waals surface area contributed by atoms with Gasteiger partial charge in [-0.05, 0) is 31.7 Å². The average molecular weight is 278 g/mol. The van der Waals surface area contributed by atoms with E-state index in [-0.39, 0.29) is 5.91 Å². The van der Waals surface area contributed by atoms with Crippen LogP contribution in [-0.2, 0) is 13.0 Å². The number of nitrogens with two attached hydrogens (primary N) is 1. The van der Waals surface area contributed by atoms with E-state index < -0.39 is 0 Å². The summed E-state index contributed by atoms with van der Waals surface area (Å²) < 4.78 is 1.64. The molecule has 19 heavy (non-hydrogen) atoms. The van der Waals surface area contributed by atoms with Gasteiger partial charge < -0.3 is 11.1 Å². The van der Waals surface area contributed by atoms with Gasteiger partial charge in [0.2, 0.25) is 0 Å². The molecule has 2 rings (SSSR count). The van der Waals surface area contributed by atoms with E-state index in [1.165, 1.54) is 4.88 Å². The Kier molecular flexibility index (Phi) is 4.21. The van der Waals surface area contributed by atoms with Crippen LogP contribution in [0, 0.1) is 6.92 Å². The Balaban J connectivity index is 2.00. The number of hydrogen-bond donors (Lipinski definition) is 2. The van der Waals surface area contributed by atoms with E-state index in [0.717, 1.165) is 6.42 Å². The first-order valence-electron chi connectivity index (χ1n) is 6.27. The Bertz CT molecular complexity index is 559. The van der Waals surface area contributed by atoms with Crippen LogP contribution >= 0.6 is 11.3 Å². The quantitative estimate of drug-likeness (QED) is 0.876. The third-order valence-corrected chi connectivity index (χ3v) is 3.86. The fourth-order valence-corrected chi connectivity index (χ4v) is 2.61. The maximum Gasteiger partial charge on any atom is 0.271 e. The van der Waals surface area contributed by atoms with Crippen molar-refractivity contribution < 1.29 is 4.79 Å². The lowest BCUT2D eigenvalue weighted by molar-refractivity contribution is 0.0944. The van der Waals surface area contributed by atoms with Gasteiger partial charge in [0, 0.05) is 18.0 Å². The number of hydrogen-bond acceptors (Lipinski definition) is 4. The van der Waals surface area contributed by atoms with Crippen molar-refractivity contribution in [1.82, 2.24) is 15.1 Å². The molecule has 2 aromatic rings. The van der Waals surface area contributed by atoms with Crippen LogP contribution in [-0.4, -0.2) is 22.2 Å². The molecule has 0 aliphatic heterocycles. The molecule has 102 valence electrons. The van der Waals surface area contributed by atoms with Gasteiger partial charge in [-0.15, -0.1) is 11.3 Å². The van der Waals surface area contributed by atoms with Crippen LogP contribution in [0.1, 0.15) is 28.0 Å². The highest BCUT2D eigenvalue weighted by Crippen LogP contribution is 2.16. The second-order valence-electron chi connectivity index (χ2n) is 4.25. The number of nitrogens with zero attached hydrogens (tertiary/aromatic N) is 2. The van der Waals surface area contributed by atoms with Crippen LogP contribution in [0.3, 0.4) is 0 Å². The molecule has 0 bridgehead atoms. The number of anilines is 1. The van der Waals surface area contributed by atoms with Crippen molar-refractivity contribution in [2.24, 2.45) is 0 Å². The fourth-order valence-electron chi connectivity index (χ4n) is 1.90. The van der Waals surface area contributed by atoms with Crippen LogP contribution < -0.4 is 11.1 Å². The number of thiophene rings is 1. The number of nitrogens with one attached hydrogen (secondary N) is 1. The molecule has 0 fully saturated rings. The van der Waals surface area contributed by atoms with Crippen molar-refractivity contribution in [2.75, 3.05) is 12.3 Å². The van der Waals surface area contributed by atoms with Crippen molar-refractivity contribution >= 4 is 22.9 Å². The molecule has 0 aliphatic rings. The Labute approximate surface area is 116 Å². The highest BCUT2D eigenvalue weighted by Gasteiger charge is 2.18. The van der Waals surface area contributed by atoms with Crippen molar-refractivity contribution in [1.29, 1.82) is 0 Å². The largest absolute Gasteiger partial charge is 0.395 e. The first kappa shape index (κ1) is 13.6. The summed E-state index contributed by atoms with van der Waals surface area (Å²) in [5.74, 6) is -0.156. The summed E-state index contributed by atoms with van der Waals surface area (Å²) in [4.78, 5) is 13.4. The van der Waals surface area contributed by atoms with Gasteiger partial charge in [0.05, 0.1) is 11.4 Å². The zero-order valence-corrected chi connectivity index (χ0v) is 12.0. The Morgan fingerprint density at radius 1 is 1.58 bits per heavy atom. The van der Waals surface area contributed by atoms with E-state index >= 15 is 0 Å². The smallest absolute Gasteiger partial charge is 0.271 e. The SMILES string of the molecule is CCn1nc(C)c(N)c1C(=O)NCCc1cccs1. The first-order chi connectivity index (χ1) is 9.13. The molecule has 0 radical (unpaired) electrons. The second-order valence-corrected chi connectivity index (χ2v) is 5.28. The Morgan fingerprint density at radius 3 is 3.00 bits per heavy atom. The van der Waals surface area contributed by atoms with Gasteiger partial charge in [-0.25, -0.2) is 0 Å². The van der Waals surface area contributed by atoms with Crippen molar-refractivity contribution in [3.8, 4) is 0 Å². The van der Waals surface area contributed by atoms with Gasteiger partial charge in [0.15, 0.2) is 0 Å². The molecule has 0 aliphatic carbocycles. The van der Waals surface area contributed by atoms with E-state index in [1.54, 1.807) is 16.0 Å². The molecule has 0 spiro atoms. The third kappa shape index (κ3) is 2.96. The monoisotopic (exact) mass is 278 g/mol. The molecule has 1 amide bonds. The lowest BCUT2D eigenvalue weighted by Gasteiger charge is -2.07. The molecule has 0 saturated carbocycles. The van der Waals surface area contributed by atoms with Crippen molar-refractivity contribution in [3.63, 3.8) is 0 Å². The molecule has 0 unspecified atom stereocenters. The second kappa shape index (κ2) is 5.88. The molecule has 2 heterocycles. The molecule has 5 nitrogen and oxygen atoms in total. The van der Waals surface area contributed by atoms with E-state index in [0.29, 0.717) is 30.2 Å². The minimum atomic E-state index is -0.156. The van der Waals surface area contributed by atoms with Crippen molar-refractivity contribution in [2.45, 2.75) is 26.8 Å². The van der Waals surface area contributed by atoms with E-state index in [4.69, 9.17) is 5.73 Å². The van der Waals surface area contributed by atoms with Crippen LogP contribution in [0.5, 0.6) is 0 Å². The number of nitrogen functional groups attached to an aromatic ring is 1. The zero-order valence-electron chi connectivity index (χ0n) is 11.1. The molecule has 3 N–H and O–H groups in total. The molecular formula is C13H18N4OS. The van der Waals surface area contributed by atoms with E-state index in [1.807, 2.05) is 25.3 Å². The molecule has 6 heteroatoms. The third-order valence-electron chi connectivity index (χ3n) is 2.93. The summed E-state index contributed by atoms with van der Waals surface area (Å²) >= 11 is 1.69. The van der Waals surface area contributed by atoms with Crippen LogP contribution in [0.15, 0.2) is 17.5 Å². The Morgan fingerprint density at radius 2 is 2.37 bits per heavy atom. The number of aromatic nitrogens is 2. The zero-order chi connectivity index (χ0) is 13.8. The first-order valence-corrected chi connectivity index (χ1v) is 7.15. The van der Waals surface area contributed by atoms with Crippen LogP contribution in [0.4, 0.5) is 5.69 Å². The summed E-state index contributed by atoms with van der Waals surface area (Å²) in [6, 6.07) is 4.07. The molecular weight excluding hydrogens is 260 g/mol. The standard InChI is InChI=1S/C13H18N4OS/c1-3-17-12(11(14)9(2)16-17)13(18)15-7-6-10-5-4-8-19-10/h4-5,8H,3,6-7,14H2,1-2H3,(H,15,18). The summed E-state index contributed by atoms with van der Waals surface area (Å²) in [7, 11) is 0. The summed E-state index contributed by atoms with van der Waals surface area (Å²) in [6.07, 6.45) is 0.836. The lowest BCUT2D eigenvalue weighted by atomic mass is 10.2. The highest BCUT2D eigenvalue weighted by molar-refractivity contribution is 7.09. The highest BCUT2D eigenvalue weighted by atomic mass is 32.1. The number of carbonyl (C=O) groups is 1. The van der Waals surface area contributed by atoms with Gasteiger partial charge in [-0.1, -0.05) is 6.07 Å². The van der Waals surface area contributed by atoms with E-state index in [9.17, 15) is 4.79 Å². The maximum atomic E-state index is 12.1. The van der Waals surface area contributed by atoms with E-state index in [2.05, 4.69) is 16.5 Å². The maximum absolute atomic E-state index is 12.1. The Hall–Kier alpha value is -1.82. The average Bonchev–Trinajstić information content (AvgIpc) is 2.99. The normalized spacial score (nSPS) is 10.6. The number of amides is 1. The number of aryl methyl sites for hydroxylation is 2. The lowest BCUT2D eigenvalue weighted by Crippen LogP contribution is -2.28. The molecule has 2 aromatic heterocycles. The molecule has 0 saturated heterocycles. The predicted molar refractivity (Wildman–Crippen MR) is 77.4 cm³/mol. The van der Waals surface area contributed by atoms with Crippen LogP contribution in [0.2, 0.25) is 0 Å². The fraction of sp³-hybridized carbons (Fsp3) is 0.385. The summed E-state index contributed by atoms with van der Waals surface area (Å²) in [5.41, 5.74) is 7.54. The minimum Gasteiger partial charge on any atom is -0.395 e. The minimum absolute atomic E-state index is 0.156. The summed E-state index contributed by atoms with van der Waals surface area (Å²) in [5, 5.41) is 9.17. The predicted octanol–water partition coefficient (Wildman–Crippen LogP) is 1.83. The van der Waals surface area contributed by atoms with Gasteiger partial charge in [0.25, 0.3) is 5.91 Å². The van der Waals surface area contributed by atoms with Gasteiger partial charge in [-0.2, -0.15) is 5.10 Å². The number of rotatable bonds is 5. The van der Waals surface area contributed by atoms with Crippen molar-refractivity contribution in [3.05, 3.63) is 33.8 Å². The topological polar surface area (TPSA) is 72.9 Å².